The van der Waals surface area contributed by atoms with Gasteiger partial charge in [0.25, 0.3) is 0 Å². The Morgan fingerprint density at radius 1 is 0.283 bits per heavy atom. The van der Waals surface area contributed by atoms with E-state index in [1.54, 1.807) is 0 Å². The summed E-state index contributed by atoms with van der Waals surface area (Å²) in [6, 6.07) is 72.7. The van der Waals surface area contributed by atoms with Gasteiger partial charge in [0, 0.05) is 17.1 Å². The summed E-state index contributed by atoms with van der Waals surface area (Å²) in [4.78, 5) is 2.39. The summed E-state index contributed by atoms with van der Waals surface area (Å²) in [5.41, 5.74) is 15.7. The maximum atomic E-state index is 2.39. The summed E-state index contributed by atoms with van der Waals surface area (Å²) < 4.78 is 0. The molecule has 0 unspecified atom stereocenters. The fourth-order valence-electron chi connectivity index (χ4n) is 8.03. The number of fused-ring (bicyclic) bond motifs is 3. The SMILES string of the molecule is Cc1cc(N(c2ccc(-c3c(-c4ccccc4)c4ccccc4c4ccccc34)cc2)c2ccc(-c3ccccc3)c(C)c2)ccc1-c1ccccc1. The van der Waals surface area contributed by atoms with Crippen LogP contribution in [0.2, 0.25) is 0 Å². The largest absolute Gasteiger partial charge is 0.310 e. The van der Waals surface area contributed by atoms with Gasteiger partial charge >= 0.3 is 0 Å². The molecular formula is C52H39N. The molecule has 0 aromatic heterocycles. The second kappa shape index (κ2) is 13.8. The summed E-state index contributed by atoms with van der Waals surface area (Å²) in [5, 5.41) is 5.07. The number of aryl methyl sites for hydroxylation is 2. The molecule has 252 valence electrons. The van der Waals surface area contributed by atoms with Gasteiger partial charge in [-0.1, -0.05) is 164 Å². The number of hydrogen-bond donors (Lipinski definition) is 0. The molecule has 0 heterocycles. The molecule has 0 radical (unpaired) electrons. The Labute approximate surface area is 312 Å². The van der Waals surface area contributed by atoms with E-state index in [9.17, 15) is 0 Å². The second-order valence-corrected chi connectivity index (χ2v) is 13.8. The van der Waals surface area contributed by atoms with Crippen LogP contribution in [0, 0.1) is 13.8 Å². The Morgan fingerprint density at radius 3 is 1.04 bits per heavy atom. The molecule has 0 fully saturated rings. The molecule has 0 aliphatic rings. The van der Waals surface area contributed by atoms with Gasteiger partial charge in [0.05, 0.1) is 0 Å². The number of hydrogen-bond acceptors (Lipinski definition) is 1. The first kappa shape index (κ1) is 32.2. The number of benzene rings is 9. The minimum atomic E-state index is 1.11. The third-order valence-electron chi connectivity index (χ3n) is 10.5. The Kier molecular flexibility index (Phi) is 8.38. The molecule has 0 spiro atoms. The maximum Gasteiger partial charge on any atom is 0.0464 e. The molecule has 0 amide bonds. The summed E-state index contributed by atoms with van der Waals surface area (Å²) >= 11 is 0. The van der Waals surface area contributed by atoms with Crippen LogP contribution in [0.25, 0.3) is 66.1 Å². The van der Waals surface area contributed by atoms with Crippen LogP contribution >= 0.6 is 0 Å². The molecule has 0 saturated heterocycles. The molecule has 1 heteroatoms. The van der Waals surface area contributed by atoms with Crippen molar-refractivity contribution in [3.63, 3.8) is 0 Å². The molecule has 9 aromatic carbocycles. The van der Waals surface area contributed by atoms with E-state index in [4.69, 9.17) is 0 Å². The first-order chi connectivity index (χ1) is 26.1. The predicted molar refractivity (Wildman–Crippen MR) is 227 cm³/mol. The minimum absolute atomic E-state index is 1.11. The van der Waals surface area contributed by atoms with Crippen molar-refractivity contribution in [3.05, 3.63) is 211 Å². The van der Waals surface area contributed by atoms with Gasteiger partial charge in [0.2, 0.25) is 0 Å². The average molecular weight is 678 g/mol. The van der Waals surface area contributed by atoms with Crippen molar-refractivity contribution in [3.8, 4) is 44.5 Å². The molecule has 0 aliphatic heterocycles. The van der Waals surface area contributed by atoms with Crippen LogP contribution in [0.1, 0.15) is 11.1 Å². The summed E-state index contributed by atoms with van der Waals surface area (Å²) in [5.74, 6) is 0. The normalized spacial score (nSPS) is 11.2. The van der Waals surface area contributed by atoms with E-state index < -0.39 is 0 Å². The zero-order valence-electron chi connectivity index (χ0n) is 30.0. The van der Waals surface area contributed by atoms with Crippen LogP contribution in [0.5, 0.6) is 0 Å². The van der Waals surface area contributed by atoms with Gasteiger partial charge in [-0.2, -0.15) is 0 Å². The number of rotatable bonds is 7. The van der Waals surface area contributed by atoms with Crippen LogP contribution in [0.3, 0.4) is 0 Å². The fraction of sp³-hybridized carbons (Fsp3) is 0.0385. The average Bonchev–Trinajstić information content (AvgIpc) is 3.22. The van der Waals surface area contributed by atoms with Gasteiger partial charge in [-0.05, 0) is 127 Å². The van der Waals surface area contributed by atoms with Crippen LogP contribution < -0.4 is 4.90 Å². The lowest BCUT2D eigenvalue weighted by Gasteiger charge is -2.27. The molecule has 0 bridgehead atoms. The third kappa shape index (κ3) is 5.97. The summed E-state index contributed by atoms with van der Waals surface area (Å²) in [7, 11) is 0. The van der Waals surface area contributed by atoms with E-state index >= 15 is 0 Å². The van der Waals surface area contributed by atoms with Crippen molar-refractivity contribution < 1.29 is 0 Å². The number of anilines is 3. The molecule has 1 nitrogen and oxygen atoms in total. The summed E-state index contributed by atoms with van der Waals surface area (Å²) in [6.45, 7) is 4.43. The first-order valence-electron chi connectivity index (χ1n) is 18.4. The number of nitrogens with zero attached hydrogens (tertiary/aromatic N) is 1. The molecule has 53 heavy (non-hydrogen) atoms. The Morgan fingerprint density at radius 2 is 0.623 bits per heavy atom. The van der Waals surface area contributed by atoms with Crippen molar-refractivity contribution >= 4 is 38.6 Å². The first-order valence-corrected chi connectivity index (χ1v) is 18.4. The van der Waals surface area contributed by atoms with E-state index in [0.717, 1.165) is 17.1 Å². The molecule has 0 N–H and O–H groups in total. The Hall–Kier alpha value is -6.70. The van der Waals surface area contributed by atoms with E-state index in [2.05, 4.69) is 219 Å². The standard InChI is InChI=1S/C52H39N/c1-36-34-43(30-32-45(36)38-16-6-3-7-17-38)53(44-31-33-46(37(2)35-44)39-18-8-4-9-19-39)42-28-26-41(27-29-42)52-50-25-15-13-23-48(50)47-22-12-14-24-49(47)51(52)40-20-10-5-11-21-40/h3-35H,1-2H3. The van der Waals surface area contributed by atoms with Gasteiger partial charge in [0.15, 0.2) is 0 Å². The second-order valence-electron chi connectivity index (χ2n) is 13.8. The lowest BCUT2D eigenvalue weighted by atomic mass is 9.85. The summed E-state index contributed by atoms with van der Waals surface area (Å²) in [6.07, 6.45) is 0. The maximum absolute atomic E-state index is 2.39. The highest BCUT2D eigenvalue weighted by molar-refractivity contribution is 6.21. The van der Waals surface area contributed by atoms with E-state index in [1.807, 2.05) is 0 Å². The monoisotopic (exact) mass is 677 g/mol. The Bertz CT molecular complexity index is 2620. The topological polar surface area (TPSA) is 3.24 Å². The highest BCUT2D eigenvalue weighted by Crippen LogP contribution is 2.46. The van der Waals surface area contributed by atoms with Gasteiger partial charge in [0.1, 0.15) is 0 Å². The molecule has 0 saturated carbocycles. The third-order valence-corrected chi connectivity index (χ3v) is 10.5. The smallest absolute Gasteiger partial charge is 0.0464 e. The lowest BCUT2D eigenvalue weighted by molar-refractivity contribution is 1.26. The van der Waals surface area contributed by atoms with Crippen molar-refractivity contribution in [2.24, 2.45) is 0 Å². The zero-order chi connectivity index (χ0) is 35.7. The predicted octanol–water partition coefficient (Wildman–Crippen LogP) is 14.7. The van der Waals surface area contributed by atoms with Crippen LogP contribution in [-0.2, 0) is 0 Å². The van der Waals surface area contributed by atoms with E-state index in [1.165, 1.54) is 77.2 Å². The lowest BCUT2D eigenvalue weighted by Crippen LogP contribution is -2.10. The molecule has 0 atom stereocenters. The van der Waals surface area contributed by atoms with E-state index in [-0.39, 0.29) is 0 Å². The van der Waals surface area contributed by atoms with Crippen LogP contribution in [0.4, 0.5) is 17.1 Å². The van der Waals surface area contributed by atoms with Crippen molar-refractivity contribution in [2.45, 2.75) is 13.8 Å². The van der Waals surface area contributed by atoms with Gasteiger partial charge in [-0.25, -0.2) is 0 Å². The highest BCUT2D eigenvalue weighted by Gasteiger charge is 2.20. The molecule has 0 aliphatic carbocycles. The zero-order valence-corrected chi connectivity index (χ0v) is 30.0. The van der Waals surface area contributed by atoms with Crippen molar-refractivity contribution in [2.75, 3.05) is 4.90 Å². The minimum Gasteiger partial charge on any atom is -0.310 e. The molecular weight excluding hydrogens is 639 g/mol. The van der Waals surface area contributed by atoms with Gasteiger partial charge < -0.3 is 4.90 Å². The van der Waals surface area contributed by atoms with Crippen molar-refractivity contribution in [1.29, 1.82) is 0 Å². The van der Waals surface area contributed by atoms with Crippen LogP contribution in [0.15, 0.2) is 200 Å². The van der Waals surface area contributed by atoms with E-state index in [0.29, 0.717) is 0 Å². The molecule has 9 aromatic rings. The Balaban J connectivity index is 1.21. The van der Waals surface area contributed by atoms with Crippen molar-refractivity contribution in [1.82, 2.24) is 0 Å². The fourth-order valence-corrected chi connectivity index (χ4v) is 8.03. The quantitative estimate of drug-likeness (QED) is 0.152. The van der Waals surface area contributed by atoms with Gasteiger partial charge in [-0.3, -0.25) is 0 Å². The van der Waals surface area contributed by atoms with Gasteiger partial charge in [-0.15, -0.1) is 0 Å². The van der Waals surface area contributed by atoms with Crippen LogP contribution in [-0.4, -0.2) is 0 Å². The highest BCUT2D eigenvalue weighted by atomic mass is 15.1. The molecule has 9 rings (SSSR count).